The van der Waals surface area contributed by atoms with Gasteiger partial charge in [0.1, 0.15) is 22.6 Å². The highest BCUT2D eigenvalue weighted by Crippen LogP contribution is 2.30. The van der Waals surface area contributed by atoms with Crippen LogP contribution in [0.15, 0.2) is 17.5 Å². The van der Waals surface area contributed by atoms with Crippen LogP contribution in [0.25, 0.3) is 0 Å². The van der Waals surface area contributed by atoms with Crippen LogP contribution in [0.2, 0.25) is 0 Å². The average molecular weight is 372 g/mol. The molecule has 0 aromatic carbocycles. The van der Waals surface area contributed by atoms with E-state index in [9.17, 15) is 18.0 Å². The molecule has 3 rings (SSSR count). The minimum absolute atomic E-state index is 0.0712. The Hall–Kier alpha value is -2.00. The smallest absolute Gasteiger partial charge is 0.434 e. The number of halogens is 3. The largest absolute Gasteiger partial charge is 0.488 e. The third kappa shape index (κ3) is 4.55. The summed E-state index contributed by atoms with van der Waals surface area (Å²) in [5, 5.41) is 1.01. The second-order valence-electron chi connectivity index (χ2n) is 5.66. The van der Waals surface area contributed by atoms with Gasteiger partial charge in [0.05, 0.1) is 19.6 Å². The zero-order chi connectivity index (χ0) is 18.0. The number of aryl methyl sites for hydroxylation is 1. The number of thiazole rings is 1. The Labute approximate surface area is 145 Å². The van der Waals surface area contributed by atoms with Crippen LogP contribution in [0.4, 0.5) is 13.2 Å². The molecule has 9 heteroatoms. The van der Waals surface area contributed by atoms with E-state index in [1.807, 2.05) is 0 Å². The lowest BCUT2D eigenvalue weighted by atomic mass is 10.2. The number of ketones is 1. The van der Waals surface area contributed by atoms with Gasteiger partial charge in [-0.05, 0) is 6.92 Å². The van der Waals surface area contributed by atoms with Crippen molar-refractivity contribution in [2.24, 2.45) is 0 Å². The van der Waals surface area contributed by atoms with Gasteiger partial charge < -0.3 is 9.47 Å². The van der Waals surface area contributed by atoms with E-state index in [0.29, 0.717) is 24.7 Å². The lowest BCUT2D eigenvalue weighted by Gasteiger charge is -2.13. The summed E-state index contributed by atoms with van der Waals surface area (Å²) in [5.41, 5.74) is -0.240. The number of ether oxygens (including phenoxy) is 2. The fraction of sp³-hybridized carbons (Fsp3) is 0.438. The number of carbonyl (C=O) groups is 1. The molecule has 0 aliphatic carbocycles. The predicted molar refractivity (Wildman–Crippen MR) is 84.0 cm³/mol. The third-order valence-electron chi connectivity index (χ3n) is 3.56. The van der Waals surface area contributed by atoms with Gasteiger partial charge in [-0.3, -0.25) is 4.79 Å². The van der Waals surface area contributed by atoms with Crippen molar-refractivity contribution in [1.29, 1.82) is 0 Å². The Morgan fingerprint density at radius 1 is 1.40 bits per heavy atom. The highest BCUT2D eigenvalue weighted by Gasteiger charge is 2.33. The molecule has 1 aliphatic heterocycles. The monoisotopic (exact) mass is 372 g/mol. The van der Waals surface area contributed by atoms with Crippen LogP contribution in [0.3, 0.4) is 0 Å². The molecule has 3 heterocycles. The van der Waals surface area contributed by atoms with Crippen LogP contribution in [0, 0.1) is 6.92 Å². The van der Waals surface area contributed by atoms with Gasteiger partial charge in [0, 0.05) is 29.6 Å². The third-order valence-corrected chi connectivity index (χ3v) is 4.41. The normalized spacial score (nSPS) is 17.7. The molecule has 0 N–H and O–H groups in total. The molecule has 1 atom stereocenters. The number of nitrogens with zero attached hydrogens (tertiary/aromatic N) is 2. The van der Waals surface area contributed by atoms with E-state index in [1.54, 1.807) is 13.0 Å². The van der Waals surface area contributed by atoms with Crippen molar-refractivity contribution >= 4 is 17.1 Å². The van der Waals surface area contributed by atoms with Crippen LogP contribution < -0.4 is 4.74 Å². The van der Waals surface area contributed by atoms with E-state index in [1.165, 1.54) is 6.07 Å². The first kappa shape index (κ1) is 17.8. The lowest BCUT2D eigenvalue weighted by Crippen LogP contribution is -2.16. The Morgan fingerprint density at radius 3 is 2.84 bits per heavy atom. The molecule has 0 saturated carbocycles. The van der Waals surface area contributed by atoms with E-state index >= 15 is 0 Å². The molecule has 0 bridgehead atoms. The van der Waals surface area contributed by atoms with Crippen LogP contribution >= 0.6 is 11.3 Å². The number of carbonyl (C=O) groups excluding carboxylic acids is 1. The Bertz CT molecular complexity index is 770. The highest BCUT2D eigenvalue weighted by atomic mass is 32.1. The molecular weight excluding hydrogens is 357 g/mol. The first-order chi connectivity index (χ1) is 11.8. The molecule has 25 heavy (non-hydrogen) atoms. The second kappa shape index (κ2) is 7.09. The van der Waals surface area contributed by atoms with Crippen molar-refractivity contribution < 1.29 is 27.4 Å². The molecule has 134 valence electrons. The Kier molecular flexibility index (Phi) is 5.05. The molecule has 0 unspecified atom stereocenters. The lowest BCUT2D eigenvalue weighted by molar-refractivity contribution is -0.140. The van der Waals surface area contributed by atoms with E-state index in [2.05, 4.69) is 9.97 Å². The summed E-state index contributed by atoms with van der Waals surface area (Å²) in [6.07, 6.45) is -4.05. The second-order valence-corrected chi connectivity index (χ2v) is 6.60. The van der Waals surface area contributed by atoms with Gasteiger partial charge in [0.25, 0.3) is 0 Å². The molecule has 0 spiro atoms. The molecule has 1 aliphatic rings. The SMILES string of the molecule is Cc1cc(O[C@@H]2CCOC2)cc(C(=O)Cc2nc(C(F)(F)F)cs2)n1. The maximum absolute atomic E-state index is 12.6. The number of hydrogen-bond acceptors (Lipinski definition) is 6. The topological polar surface area (TPSA) is 61.3 Å². The standard InChI is InChI=1S/C16H15F3N2O3S/c1-9-4-11(24-10-2-3-23-7-10)5-12(20-9)13(22)6-15-21-14(8-25-15)16(17,18)19/h4-5,8,10H,2-3,6-7H2,1H3/t10-/m1/s1. The molecule has 1 fully saturated rings. The molecule has 5 nitrogen and oxygen atoms in total. The molecule has 2 aromatic heterocycles. The minimum atomic E-state index is -4.51. The van der Waals surface area contributed by atoms with E-state index in [-0.39, 0.29) is 23.2 Å². The minimum Gasteiger partial charge on any atom is -0.488 e. The van der Waals surface area contributed by atoms with Crippen molar-refractivity contribution in [1.82, 2.24) is 9.97 Å². The predicted octanol–water partition coefficient (Wildman–Crippen LogP) is 3.46. The molecule has 0 amide bonds. The van der Waals surface area contributed by atoms with E-state index in [4.69, 9.17) is 9.47 Å². The Balaban J connectivity index is 1.73. The summed E-state index contributed by atoms with van der Waals surface area (Å²) in [4.78, 5) is 20.0. The van der Waals surface area contributed by atoms with Crippen molar-refractivity contribution in [3.63, 3.8) is 0 Å². The van der Waals surface area contributed by atoms with E-state index in [0.717, 1.165) is 23.1 Å². The zero-order valence-corrected chi connectivity index (χ0v) is 14.1. The average Bonchev–Trinajstić information content (AvgIpc) is 3.17. The van der Waals surface area contributed by atoms with Crippen LogP contribution in [0.5, 0.6) is 5.75 Å². The maximum Gasteiger partial charge on any atom is 0.434 e. The van der Waals surface area contributed by atoms with Crippen LogP contribution in [-0.4, -0.2) is 35.1 Å². The van der Waals surface area contributed by atoms with Gasteiger partial charge in [-0.15, -0.1) is 11.3 Å². The number of Topliss-reactive ketones (excluding diaryl/α,β-unsaturated/α-hetero) is 1. The number of alkyl halides is 3. The summed E-state index contributed by atoms with van der Waals surface area (Å²) in [7, 11) is 0. The van der Waals surface area contributed by atoms with Gasteiger partial charge in [0.2, 0.25) is 0 Å². The van der Waals surface area contributed by atoms with E-state index < -0.39 is 17.7 Å². The van der Waals surface area contributed by atoms with Gasteiger partial charge >= 0.3 is 6.18 Å². The van der Waals surface area contributed by atoms with Gasteiger partial charge in [-0.25, -0.2) is 9.97 Å². The number of rotatable bonds is 5. The number of pyridine rings is 1. The van der Waals surface area contributed by atoms with Gasteiger partial charge in [-0.1, -0.05) is 0 Å². The molecule has 1 saturated heterocycles. The zero-order valence-electron chi connectivity index (χ0n) is 13.3. The fourth-order valence-corrected chi connectivity index (χ4v) is 3.20. The van der Waals surface area contributed by atoms with Gasteiger partial charge in [0.15, 0.2) is 11.5 Å². The van der Waals surface area contributed by atoms with Crippen molar-refractivity contribution in [3.05, 3.63) is 39.6 Å². The highest BCUT2D eigenvalue weighted by molar-refractivity contribution is 7.09. The molecular formula is C16H15F3N2O3S. The fourth-order valence-electron chi connectivity index (χ4n) is 2.40. The van der Waals surface area contributed by atoms with Crippen molar-refractivity contribution in [2.45, 2.75) is 32.0 Å². The van der Waals surface area contributed by atoms with Crippen LogP contribution in [-0.2, 0) is 17.3 Å². The summed E-state index contributed by atoms with van der Waals surface area (Å²) in [5.74, 6) is 0.0979. The quantitative estimate of drug-likeness (QED) is 0.753. The van der Waals surface area contributed by atoms with Crippen LogP contribution in [0.1, 0.15) is 33.3 Å². The van der Waals surface area contributed by atoms with Crippen molar-refractivity contribution in [2.75, 3.05) is 13.2 Å². The number of hydrogen-bond donors (Lipinski definition) is 0. The summed E-state index contributed by atoms with van der Waals surface area (Å²) in [6, 6.07) is 3.21. The summed E-state index contributed by atoms with van der Waals surface area (Å²) < 4.78 is 48.8. The summed E-state index contributed by atoms with van der Waals surface area (Å²) in [6.45, 7) is 2.84. The first-order valence-corrected chi connectivity index (χ1v) is 8.47. The Morgan fingerprint density at radius 2 is 2.20 bits per heavy atom. The molecule has 2 aromatic rings. The first-order valence-electron chi connectivity index (χ1n) is 7.59. The summed E-state index contributed by atoms with van der Waals surface area (Å²) >= 11 is 0.806. The van der Waals surface area contributed by atoms with Crippen molar-refractivity contribution in [3.8, 4) is 5.75 Å². The molecule has 0 radical (unpaired) electrons. The van der Waals surface area contributed by atoms with Gasteiger partial charge in [-0.2, -0.15) is 13.2 Å². The number of aromatic nitrogens is 2. The maximum atomic E-state index is 12.6.